The SMILES string of the molecule is [N-]=[N+]=NCCC1CC=CC1. The zero-order valence-corrected chi connectivity index (χ0v) is 5.90. The molecular formula is C7H11N3. The molecule has 10 heavy (non-hydrogen) atoms. The van der Waals surface area contributed by atoms with E-state index in [1.165, 1.54) is 12.8 Å². The van der Waals surface area contributed by atoms with Crippen LogP contribution in [-0.4, -0.2) is 6.54 Å². The van der Waals surface area contributed by atoms with Gasteiger partial charge in [0.25, 0.3) is 0 Å². The lowest BCUT2D eigenvalue weighted by Crippen LogP contribution is -1.94. The average Bonchev–Trinajstić information content (AvgIpc) is 2.41. The van der Waals surface area contributed by atoms with Crippen LogP contribution in [0.15, 0.2) is 17.3 Å². The van der Waals surface area contributed by atoms with Crippen LogP contribution >= 0.6 is 0 Å². The van der Waals surface area contributed by atoms with Crippen molar-refractivity contribution < 1.29 is 0 Å². The number of nitrogens with zero attached hydrogens (tertiary/aromatic N) is 3. The van der Waals surface area contributed by atoms with Gasteiger partial charge in [-0.25, -0.2) is 0 Å². The van der Waals surface area contributed by atoms with Crippen LogP contribution in [-0.2, 0) is 0 Å². The van der Waals surface area contributed by atoms with E-state index in [-0.39, 0.29) is 0 Å². The van der Waals surface area contributed by atoms with Gasteiger partial charge in [-0.15, -0.1) is 0 Å². The van der Waals surface area contributed by atoms with Gasteiger partial charge in [-0.05, 0) is 30.7 Å². The molecule has 0 aromatic rings. The van der Waals surface area contributed by atoms with Crippen LogP contribution in [0.2, 0.25) is 0 Å². The molecule has 0 unspecified atom stereocenters. The summed E-state index contributed by atoms with van der Waals surface area (Å²) in [5, 5.41) is 3.49. The van der Waals surface area contributed by atoms with Crippen molar-refractivity contribution >= 4 is 0 Å². The molecular weight excluding hydrogens is 126 g/mol. The first-order chi connectivity index (χ1) is 4.93. The topological polar surface area (TPSA) is 48.8 Å². The fourth-order valence-electron chi connectivity index (χ4n) is 1.19. The molecule has 0 spiro atoms. The summed E-state index contributed by atoms with van der Waals surface area (Å²) in [4.78, 5) is 2.70. The van der Waals surface area contributed by atoms with Crippen molar-refractivity contribution in [1.82, 2.24) is 0 Å². The molecule has 0 saturated carbocycles. The van der Waals surface area contributed by atoms with E-state index in [0.29, 0.717) is 6.54 Å². The average molecular weight is 137 g/mol. The third-order valence-corrected chi connectivity index (χ3v) is 1.81. The van der Waals surface area contributed by atoms with Crippen molar-refractivity contribution in [2.24, 2.45) is 11.0 Å². The van der Waals surface area contributed by atoms with E-state index >= 15 is 0 Å². The smallest absolute Gasteiger partial charge is 0.0260 e. The minimum absolute atomic E-state index is 0.656. The summed E-state index contributed by atoms with van der Waals surface area (Å²) in [6.07, 6.45) is 7.76. The van der Waals surface area contributed by atoms with E-state index in [9.17, 15) is 0 Å². The van der Waals surface area contributed by atoms with Gasteiger partial charge in [-0.3, -0.25) is 0 Å². The van der Waals surface area contributed by atoms with Crippen LogP contribution in [0.25, 0.3) is 10.4 Å². The number of hydrogen-bond donors (Lipinski definition) is 0. The highest BCUT2D eigenvalue weighted by molar-refractivity contribution is 4.94. The van der Waals surface area contributed by atoms with E-state index in [0.717, 1.165) is 12.3 Å². The monoisotopic (exact) mass is 137 g/mol. The Hall–Kier alpha value is -0.950. The molecule has 0 aliphatic heterocycles. The number of allylic oxidation sites excluding steroid dienone is 2. The third-order valence-electron chi connectivity index (χ3n) is 1.81. The molecule has 54 valence electrons. The summed E-state index contributed by atoms with van der Waals surface area (Å²) in [5.41, 5.74) is 7.98. The van der Waals surface area contributed by atoms with Crippen molar-refractivity contribution in [3.05, 3.63) is 22.6 Å². The standard InChI is InChI=1S/C7H11N3/c8-10-9-6-5-7-3-1-2-4-7/h1-2,7H,3-6H2. The highest BCUT2D eigenvalue weighted by Crippen LogP contribution is 2.20. The predicted octanol–water partition coefficient (Wildman–Crippen LogP) is 2.65. The van der Waals surface area contributed by atoms with E-state index in [1.807, 2.05) is 0 Å². The van der Waals surface area contributed by atoms with Gasteiger partial charge in [0.05, 0.1) is 0 Å². The normalized spacial score (nSPS) is 17.2. The Bertz CT molecular complexity index is 160. The lowest BCUT2D eigenvalue weighted by molar-refractivity contribution is 0.529. The largest absolute Gasteiger partial charge is 0.0940 e. The summed E-state index contributed by atoms with van der Waals surface area (Å²) in [6, 6.07) is 0. The summed E-state index contributed by atoms with van der Waals surface area (Å²) in [7, 11) is 0. The molecule has 1 aliphatic carbocycles. The van der Waals surface area contributed by atoms with Gasteiger partial charge < -0.3 is 0 Å². The van der Waals surface area contributed by atoms with E-state index in [2.05, 4.69) is 22.2 Å². The lowest BCUT2D eigenvalue weighted by atomic mass is 10.0. The Labute approximate surface area is 60.4 Å². The van der Waals surface area contributed by atoms with Gasteiger partial charge in [-0.1, -0.05) is 17.3 Å². The zero-order chi connectivity index (χ0) is 7.23. The van der Waals surface area contributed by atoms with Crippen LogP contribution in [0.4, 0.5) is 0 Å². The molecule has 0 aromatic carbocycles. The first-order valence-electron chi connectivity index (χ1n) is 3.59. The maximum Gasteiger partial charge on any atom is 0.0260 e. The van der Waals surface area contributed by atoms with Crippen LogP contribution in [0, 0.1) is 5.92 Å². The summed E-state index contributed by atoms with van der Waals surface area (Å²) in [6.45, 7) is 0.656. The minimum Gasteiger partial charge on any atom is -0.0940 e. The molecule has 0 aromatic heterocycles. The molecule has 3 heteroatoms. The van der Waals surface area contributed by atoms with Gasteiger partial charge in [0, 0.05) is 11.5 Å². The lowest BCUT2D eigenvalue weighted by Gasteiger charge is -2.03. The quantitative estimate of drug-likeness (QED) is 0.248. The second-order valence-corrected chi connectivity index (χ2v) is 2.55. The van der Waals surface area contributed by atoms with E-state index in [4.69, 9.17) is 5.53 Å². The Morgan fingerprint density at radius 3 is 2.80 bits per heavy atom. The Kier molecular flexibility index (Phi) is 2.84. The van der Waals surface area contributed by atoms with Gasteiger partial charge in [0.1, 0.15) is 0 Å². The number of azide groups is 1. The van der Waals surface area contributed by atoms with Gasteiger partial charge >= 0.3 is 0 Å². The Balaban J connectivity index is 2.08. The molecule has 0 heterocycles. The van der Waals surface area contributed by atoms with Crippen molar-refractivity contribution in [3.63, 3.8) is 0 Å². The van der Waals surface area contributed by atoms with Crippen LogP contribution in [0.3, 0.4) is 0 Å². The molecule has 0 amide bonds. The predicted molar refractivity (Wildman–Crippen MR) is 40.5 cm³/mol. The van der Waals surface area contributed by atoms with Gasteiger partial charge in [-0.2, -0.15) is 0 Å². The van der Waals surface area contributed by atoms with Crippen LogP contribution in [0.1, 0.15) is 19.3 Å². The van der Waals surface area contributed by atoms with Crippen LogP contribution < -0.4 is 0 Å². The van der Waals surface area contributed by atoms with Crippen molar-refractivity contribution in [1.29, 1.82) is 0 Å². The maximum atomic E-state index is 7.98. The highest BCUT2D eigenvalue weighted by atomic mass is 15.1. The summed E-state index contributed by atoms with van der Waals surface area (Å²) < 4.78 is 0. The summed E-state index contributed by atoms with van der Waals surface area (Å²) in [5.74, 6) is 0.741. The van der Waals surface area contributed by atoms with Crippen molar-refractivity contribution in [2.75, 3.05) is 6.54 Å². The number of rotatable bonds is 3. The van der Waals surface area contributed by atoms with Gasteiger partial charge in [0.15, 0.2) is 0 Å². The molecule has 0 atom stereocenters. The first kappa shape index (κ1) is 7.16. The summed E-state index contributed by atoms with van der Waals surface area (Å²) >= 11 is 0. The molecule has 0 radical (unpaired) electrons. The fourth-order valence-corrected chi connectivity index (χ4v) is 1.19. The second-order valence-electron chi connectivity index (χ2n) is 2.55. The zero-order valence-electron chi connectivity index (χ0n) is 5.90. The van der Waals surface area contributed by atoms with Crippen molar-refractivity contribution in [2.45, 2.75) is 19.3 Å². The molecule has 0 fully saturated rings. The molecule has 0 saturated heterocycles. The van der Waals surface area contributed by atoms with Crippen molar-refractivity contribution in [3.8, 4) is 0 Å². The molecule has 1 aliphatic rings. The number of hydrogen-bond acceptors (Lipinski definition) is 1. The minimum atomic E-state index is 0.656. The molecule has 0 N–H and O–H groups in total. The fraction of sp³-hybridized carbons (Fsp3) is 0.714. The van der Waals surface area contributed by atoms with Gasteiger partial charge in [0.2, 0.25) is 0 Å². The Morgan fingerprint density at radius 1 is 1.50 bits per heavy atom. The molecule has 0 bridgehead atoms. The van der Waals surface area contributed by atoms with Crippen LogP contribution in [0.5, 0.6) is 0 Å². The van der Waals surface area contributed by atoms with E-state index in [1.54, 1.807) is 0 Å². The maximum absolute atomic E-state index is 7.98. The van der Waals surface area contributed by atoms with E-state index < -0.39 is 0 Å². The second kappa shape index (κ2) is 3.96. The third kappa shape index (κ3) is 2.11. The first-order valence-corrected chi connectivity index (χ1v) is 3.59. The highest BCUT2D eigenvalue weighted by Gasteiger charge is 2.07. The Morgan fingerprint density at radius 2 is 2.20 bits per heavy atom. The molecule has 3 nitrogen and oxygen atoms in total. The molecule has 1 rings (SSSR count).